The Labute approximate surface area is 112 Å². The van der Waals surface area contributed by atoms with Gasteiger partial charge in [-0.2, -0.15) is 0 Å². The van der Waals surface area contributed by atoms with E-state index in [1.807, 2.05) is 24.3 Å². The van der Waals surface area contributed by atoms with Crippen molar-refractivity contribution in [3.05, 3.63) is 65.2 Å². The lowest BCUT2D eigenvalue weighted by Gasteiger charge is -2.25. The van der Waals surface area contributed by atoms with Crippen molar-refractivity contribution in [3.8, 4) is 0 Å². The fourth-order valence-corrected chi connectivity index (χ4v) is 2.18. The summed E-state index contributed by atoms with van der Waals surface area (Å²) in [5.74, 6) is -0.440. The Kier molecular flexibility index (Phi) is 3.67. The molecule has 0 aliphatic heterocycles. The number of hydrogen-bond acceptors (Lipinski definition) is 2. The van der Waals surface area contributed by atoms with E-state index < -0.39 is 11.9 Å². The average Bonchev–Trinajstić information content (AvgIpc) is 2.37. The number of aromatic nitrogens is 1. The monoisotopic (exact) mass is 259 g/mol. The molecule has 0 fully saturated rings. The number of pyridine rings is 1. The Morgan fingerprint density at radius 1 is 1.16 bits per heavy atom. The summed E-state index contributed by atoms with van der Waals surface area (Å²) in [5.41, 5.74) is 2.23. The summed E-state index contributed by atoms with van der Waals surface area (Å²) in [7, 11) is 0. The first-order valence-electron chi connectivity index (χ1n) is 6.27. The number of aliphatic hydroxyl groups excluding tert-OH is 1. The van der Waals surface area contributed by atoms with Gasteiger partial charge in [0.1, 0.15) is 11.9 Å². The van der Waals surface area contributed by atoms with Crippen LogP contribution in [0.4, 0.5) is 4.39 Å². The first-order chi connectivity index (χ1) is 8.89. The van der Waals surface area contributed by atoms with Crippen molar-refractivity contribution in [2.45, 2.75) is 32.3 Å². The van der Waals surface area contributed by atoms with Gasteiger partial charge in [0.05, 0.1) is 6.20 Å². The maximum atomic E-state index is 13.2. The maximum Gasteiger partial charge on any atom is 0.141 e. The van der Waals surface area contributed by atoms with E-state index in [1.54, 1.807) is 0 Å². The molecule has 0 amide bonds. The highest BCUT2D eigenvalue weighted by Crippen LogP contribution is 2.32. The molecular formula is C16H18FNO. The fraction of sp³-hybridized carbons (Fsp3) is 0.312. The van der Waals surface area contributed by atoms with E-state index in [-0.39, 0.29) is 5.41 Å². The Bertz CT molecular complexity index is 575. The van der Waals surface area contributed by atoms with E-state index in [0.717, 1.165) is 17.3 Å². The molecule has 2 rings (SSSR count). The molecule has 1 unspecified atom stereocenters. The molecule has 2 aromatic rings. The zero-order chi connectivity index (χ0) is 14.0. The first-order valence-corrected chi connectivity index (χ1v) is 6.27. The van der Waals surface area contributed by atoms with Gasteiger partial charge in [-0.05, 0) is 22.6 Å². The molecule has 1 atom stereocenters. The van der Waals surface area contributed by atoms with Crippen molar-refractivity contribution in [2.75, 3.05) is 0 Å². The largest absolute Gasteiger partial charge is 0.384 e. The van der Waals surface area contributed by atoms with Gasteiger partial charge in [0.25, 0.3) is 0 Å². The average molecular weight is 259 g/mol. The second-order valence-corrected chi connectivity index (χ2v) is 5.68. The van der Waals surface area contributed by atoms with Crippen LogP contribution in [0.5, 0.6) is 0 Å². The summed E-state index contributed by atoms with van der Waals surface area (Å²) in [4.78, 5) is 3.79. The van der Waals surface area contributed by atoms with Gasteiger partial charge in [0.15, 0.2) is 0 Å². The summed E-state index contributed by atoms with van der Waals surface area (Å²) < 4.78 is 13.2. The molecule has 0 bridgehead atoms. The molecule has 1 heterocycles. The van der Waals surface area contributed by atoms with E-state index in [2.05, 4.69) is 25.8 Å². The molecule has 0 saturated heterocycles. The molecule has 100 valence electrons. The van der Waals surface area contributed by atoms with Gasteiger partial charge in [-0.25, -0.2) is 4.39 Å². The maximum absolute atomic E-state index is 13.2. The molecule has 0 aliphatic carbocycles. The molecule has 0 radical (unpaired) electrons. The van der Waals surface area contributed by atoms with Crippen LogP contribution in [0.3, 0.4) is 0 Å². The number of rotatable bonds is 2. The van der Waals surface area contributed by atoms with Crippen LogP contribution in [-0.4, -0.2) is 10.1 Å². The van der Waals surface area contributed by atoms with Crippen LogP contribution >= 0.6 is 0 Å². The molecule has 2 nitrogen and oxygen atoms in total. The molecule has 1 aromatic heterocycles. The highest BCUT2D eigenvalue weighted by atomic mass is 19.1. The summed E-state index contributed by atoms with van der Waals surface area (Å²) >= 11 is 0. The number of hydrogen-bond donors (Lipinski definition) is 1. The summed E-state index contributed by atoms with van der Waals surface area (Å²) in [6.45, 7) is 6.26. The molecule has 3 heteroatoms. The summed E-state index contributed by atoms with van der Waals surface area (Å²) in [5, 5.41) is 10.5. The Morgan fingerprint density at radius 2 is 1.84 bits per heavy atom. The predicted octanol–water partition coefficient (Wildman–Crippen LogP) is 3.60. The lowest BCUT2D eigenvalue weighted by Crippen LogP contribution is -2.16. The van der Waals surface area contributed by atoms with E-state index in [1.165, 1.54) is 12.3 Å². The third-order valence-electron chi connectivity index (χ3n) is 3.11. The minimum atomic E-state index is -0.862. The van der Waals surface area contributed by atoms with Crippen LogP contribution in [0, 0.1) is 5.82 Å². The van der Waals surface area contributed by atoms with Crippen LogP contribution in [0.25, 0.3) is 0 Å². The van der Waals surface area contributed by atoms with Crippen LogP contribution in [-0.2, 0) is 5.41 Å². The van der Waals surface area contributed by atoms with Crippen molar-refractivity contribution in [1.29, 1.82) is 0 Å². The van der Waals surface area contributed by atoms with Crippen molar-refractivity contribution in [3.63, 3.8) is 0 Å². The number of aliphatic hydroxyl groups is 1. The number of nitrogens with zero attached hydrogens (tertiary/aromatic N) is 1. The molecule has 19 heavy (non-hydrogen) atoms. The molecule has 1 aromatic carbocycles. The van der Waals surface area contributed by atoms with Gasteiger partial charge >= 0.3 is 0 Å². The lowest BCUT2D eigenvalue weighted by molar-refractivity contribution is 0.216. The highest BCUT2D eigenvalue weighted by molar-refractivity contribution is 5.38. The SMILES string of the molecule is CC(C)(C)c1ccccc1C(O)c1cncc(F)c1. The quantitative estimate of drug-likeness (QED) is 0.894. The lowest BCUT2D eigenvalue weighted by atomic mass is 9.81. The second-order valence-electron chi connectivity index (χ2n) is 5.68. The van der Waals surface area contributed by atoms with E-state index in [4.69, 9.17) is 0 Å². The zero-order valence-corrected chi connectivity index (χ0v) is 11.4. The first kappa shape index (κ1) is 13.7. The standard InChI is InChI=1S/C16H18FNO/c1-16(2,3)14-7-5-4-6-13(14)15(19)11-8-12(17)10-18-9-11/h4-10,15,19H,1-3H3. The number of halogens is 1. The van der Waals surface area contributed by atoms with Gasteiger partial charge in [0, 0.05) is 11.8 Å². The zero-order valence-electron chi connectivity index (χ0n) is 11.4. The third-order valence-corrected chi connectivity index (χ3v) is 3.11. The smallest absolute Gasteiger partial charge is 0.141 e. The van der Waals surface area contributed by atoms with Crippen molar-refractivity contribution < 1.29 is 9.50 Å². The Hall–Kier alpha value is -1.74. The molecule has 1 N–H and O–H groups in total. The van der Waals surface area contributed by atoms with Gasteiger partial charge in [-0.15, -0.1) is 0 Å². The molecule has 0 saturated carbocycles. The van der Waals surface area contributed by atoms with Crippen LogP contribution < -0.4 is 0 Å². The molecular weight excluding hydrogens is 241 g/mol. The minimum absolute atomic E-state index is 0.0850. The fourth-order valence-electron chi connectivity index (χ4n) is 2.18. The Morgan fingerprint density at radius 3 is 2.47 bits per heavy atom. The number of benzene rings is 1. The summed E-state index contributed by atoms with van der Waals surface area (Å²) in [6.07, 6.45) is 1.76. The highest BCUT2D eigenvalue weighted by Gasteiger charge is 2.22. The topological polar surface area (TPSA) is 33.1 Å². The minimum Gasteiger partial charge on any atom is -0.384 e. The van der Waals surface area contributed by atoms with Crippen LogP contribution in [0.1, 0.15) is 43.6 Å². The summed E-state index contributed by atoms with van der Waals surface area (Å²) in [6, 6.07) is 9.00. The third kappa shape index (κ3) is 2.99. The predicted molar refractivity (Wildman–Crippen MR) is 73.4 cm³/mol. The van der Waals surface area contributed by atoms with Gasteiger partial charge in [0.2, 0.25) is 0 Å². The van der Waals surface area contributed by atoms with Gasteiger partial charge in [-0.1, -0.05) is 45.0 Å². The van der Waals surface area contributed by atoms with Crippen LogP contribution in [0.2, 0.25) is 0 Å². The van der Waals surface area contributed by atoms with E-state index >= 15 is 0 Å². The van der Waals surface area contributed by atoms with Crippen molar-refractivity contribution in [1.82, 2.24) is 4.98 Å². The van der Waals surface area contributed by atoms with Gasteiger partial charge in [-0.3, -0.25) is 4.98 Å². The molecule has 0 aliphatic rings. The normalized spacial score (nSPS) is 13.3. The molecule has 0 spiro atoms. The Balaban J connectivity index is 2.48. The van der Waals surface area contributed by atoms with E-state index in [0.29, 0.717) is 5.56 Å². The van der Waals surface area contributed by atoms with Crippen molar-refractivity contribution >= 4 is 0 Å². The van der Waals surface area contributed by atoms with Crippen LogP contribution in [0.15, 0.2) is 42.7 Å². The van der Waals surface area contributed by atoms with Crippen molar-refractivity contribution in [2.24, 2.45) is 0 Å². The van der Waals surface area contributed by atoms with E-state index in [9.17, 15) is 9.50 Å². The second kappa shape index (κ2) is 5.10. The van der Waals surface area contributed by atoms with Gasteiger partial charge < -0.3 is 5.11 Å².